The summed E-state index contributed by atoms with van der Waals surface area (Å²) in [4.78, 5) is 15.3. The molecule has 0 aliphatic carbocycles. The highest BCUT2D eigenvalue weighted by molar-refractivity contribution is 7.46. The lowest BCUT2D eigenvalue weighted by Gasteiger charge is -2.02. The highest BCUT2D eigenvalue weighted by Crippen LogP contribution is 2.30. The fraction of sp³-hybridized carbons (Fsp3) is 0.143. The Balaban J connectivity index is 0.000000270. The van der Waals surface area contributed by atoms with Crippen LogP contribution < -0.4 is 0 Å². The van der Waals surface area contributed by atoms with Crippen molar-refractivity contribution in [2.75, 3.05) is 0 Å². The number of rotatable bonds is 3. The van der Waals surface area contributed by atoms with Gasteiger partial charge in [-0.15, -0.1) is 9.79 Å². The van der Waals surface area contributed by atoms with Gasteiger partial charge in [0.25, 0.3) is 0 Å². The largest absolute Gasteiger partial charge is 0.745 e. The molecule has 0 saturated heterocycles. The molecule has 2 unspecified atom stereocenters. The molecule has 0 aliphatic rings. The van der Waals surface area contributed by atoms with Crippen molar-refractivity contribution in [1.29, 1.82) is 0 Å². The van der Waals surface area contributed by atoms with E-state index >= 15 is 0 Å². The van der Waals surface area contributed by atoms with Gasteiger partial charge in [0.2, 0.25) is 0 Å². The Morgan fingerprint density at radius 3 is 1.19 bits per heavy atom. The topological polar surface area (TPSA) is 83.8 Å². The SMILES string of the molecule is Cc1ccc(-c2ccc(C)cc2)cc1.O=[P+](O)O[P+](=O)O. The first-order valence-corrected chi connectivity index (χ1v) is 8.28. The average molecular weight is 326 g/mol. The van der Waals surface area contributed by atoms with Crippen molar-refractivity contribution in [1.82, 2.24) is 0 Å². The van der Waals surface area contributed by atoms with Gasteiger partial charge in [-0.25, -0.2) is 0 Å². The molecule has 0 aromatic heterocycles. The van der Waals surface area contributed by atoms with Gasteiger partial charge in [-0.05, 0) is 25.0 Å². The van der Waals surface area contributed by atoms with Crippen LogP contribution in [0.4, 0.5) is 0 Å². The molecule has 2 rings (SSSR count). The predicted molar refractivity (Wildman–Crippen MR) is 82.1 cm³/mol. The van der Waals surface area contributed by atoms with Crippen LogP contribution >= 0.6 is 16.5 Å². The Kier molecular flexibility index (Phi) is 7.30. The van der Waals surface area contributed by atoms with Gasteiger partial charge in [0.05, 0.1) is 0 Å². The van der Waals surface area contributed by atoms with Crippen molar-refractivity contribution in [3.63, 3.8) is 0 Å². The average Bonchev–Trinajstić information content (AvgIpc) is 2.40. The van der Waals surface area contributed by atoms with Gasteiger partial charge >= 0.3 is 16.5 Å². The minimum atomic E-state index is -2.92. The van der Waals surface area contributed by atoms with Crippen LogP contribution in [0.1, 0.15) is 11.1 Å². The zero-order valence-corrected chi connectivity index (χ0v) is 13.4. The van der Waals surface area contributed by atoms with E-state index in [-0.39, 0.29) is 0 Å². The molecule has 2 N–H and O–H groups in total. The summed E-state index contributed by atoms with van der Waals surface area (Å²) in [5.74, 6) is 0. The summed E-state index contributed by atoms with van der Waals surface area (Å²) in [5.41, 5.74) is 5.19. The van der Waals surface area contributed by atoms with Crippen LogP contribution in [0, 0.1) is 13.8 Å². The first-order valence-electron chi connectivity index (χ1n) is 6.02. The van der Waals surface area contributed by atoms with Crippen LogP contribution in [0.3, 0.4) is 0 Å². The molecule has 0 heterocycles. The van der Waals surface area contributed by atoms with Crippen LogP contribution in [-0.4, -0.2) is 9.79 Å². The molecule has 2 aromatic rings. The lowest BCUT2D eigenvalue weighted by Crippen LogP contribution is -1.78. The van der Waals surface area contributed by atoms with E-state index in [1.54, 1.807) is 0 Å². The number of hydrogen-bond donors (Lipinski definition) is 2. The summed E-state index contributed by atoms with van der Waals surface area (Å²) < 4.78 is 22.2. The minimum absolute atomic E-state index is 1.29. The van der Waals surface area contributed by atoms with E-state index in [1.807, 2.05) is 0 Å². The van der Waals surface area contributed by atoms with Crippen molar-refractivity contribution in [2.24, 2.45) is 0 Å². The standard InChI is InChI=1S/C14H14.O5P2/c1-11-3-7-13(8-4-11)14-9-5-12(2)6-10-14;1-6(2)5-7(3)4/h3-10H,1-2H3;/p+2. The maximum absolute atomic E-state index is 9.39. The normalized spacial score (nSPS) is 11.2. The van der Waals surface area contributed by atoms with E-state index in [0.717, 1.165) is 0 Å². The summed E-state index contributed by atoms with van der Waals surface area (Å²) >= 11 is 0. The summed E-state index contributed by atoms with van der Waals surface area (Å²) in [5, 5.41) is 0. The Morgan fingerprint density at radius 1 is 0.714 bits per heavy atom. The minimum Gasteiger partial charge on any atom is -0.131 e. The fourth-order valence-electron chi connectivity index (χ4n) is 1.55. The molecule has 0 fully saturated rings. The lowest BCUT2D eigenvalue weighted by molar-refractivity contribution is 0.371. The monoisotopic (exact) mass is 326 g/mol. The van der Waals surface area contributed by atoms with Crippen molar-refractivity contribution in [3.8, 4) is 11.1 Å². The second kappa shape index (κ2) is 8.73. The van der Waals surface area contributed by atoms with Crippen molar-refractivity contribution >= 4 is 16.5 Å². The zero-order valence-electron chi connectivity index (χ0n) is 11.6. The smallest absolute Gasteiger partial charge is 0.131 e. The van der Waals surface area contributed by atoms with Crippen molar-refractivity contribution in [3.05, 3.63) is 59.7 Å². The molecule has 0 saturated carbocycles. The fourth-order valence-corrected chi connectivity index (χ4v) is 2.03. The third-order valence-electron chi connectivity index (χ3n) is 2.58. The quantitative estimate of drug-likeness (QED) is 0.823. The van der Waals surface area contributed by atoms with Gasteiger partial charge in [-0.2, -0.15) is 0 Å². The van der Waals surface area contributed by atoms with Crippen molar-refractivity contribution < 1.29 is 23.2 Å². The Hall–Kier alpha value is -1.48. The summed E-state index contributed by atoms with van der Waals surface area (Å²) in [7, 11) is -5.85. The van der Waals surface area contributed by atoms with Crippen LogP contribution in [0.25, 0.3) is 11.1 Å². The molecule has 110 valence electrons. The highest BCUT2D eigenvalue weighted by Gasteiger charge is 2.31. The third kappa shape index (κ3) is 7.19. The van der Waals surface area contributed by atoms with Gasteiger partial charge in [-0.1, -0.05) is 59.7 Å². The summed E-state index contributed by atoms with van der Waals surface area (Å²) in [6, 6.07) is 17.3. The van der Waals surface area contributed by atoms with E-state index in [1.165, 1.54) is 22.3 Å². The molecule has 2 aromatic carbocycles. The van der Waals surface area contributed by atoms with E-state index < -0.39 is 16.5 Å². The van der Waals surface area contributed by atoms with Gasteiger partial charge in [0.15, 0.2) is 4.31 Å². The second-order valence-corrected chi connectivity index (χ2v) is 5.89. The van der Waals surface area contributed by atoms with E-state index in [9.17, 15) is 9.13 Å². The zero-order chi connectivity index (χ0) is 15.8. The van der Waals surface area contributed by atoms with Gasteiger partial charge in [-0.3, -0.25) is 0 Å². The third-order valence-corrected chi connectivity index (χ3v) is 3.69. The Morgan fingerprint density at radius 2 is 1.00 bits per heavy atom. The van der Waals surface area contributed by atoms with Crippen LogP contribution in [0.2, 0.25) is 0 Å². The predicted octanol–water partition coefficient (Wildman–Crippen LogP) is 4.27. The Bertz CT molecular complexity index is 553. The Labute approximate surface area is 125 Å². The molecule has 0 amide bonds. The van der Waals surface area contributed by atoms with E-state index in [4.69, 9.17) is 9.79 Å². The molecule has 0 aliphatic heterocycles. The highest BCUT2D eigenvalue weighted by atomic mass is 31.2. The van der Waals surface area contributed by atoms with Crippen LogP contribution in [0.5, 0.6) is 0 Å². The van der Waals surface area contributed by atoms with Crippen molar-refractivity contribution in [2.45, 2.75) is 13.8 Å². The maximum Gasteiger partial charge on any atom is 0.745 e. The van der Waals surface area contributed by atoms with Gasteiger partial charge < -0.3 is 0 Å². The first-order chi connectivity index (χ1) is 9.88. The van der Waals surface area contributed by atoms with Crippen LogP contribution in [0.15, 0.2) is 48.5 Å². The molecule has 7 heteroatoms. The number of aryl methyl sites for hydroxylation is 2. The molecule has 5 nitrogen and oxygen atoms in total. The number of hydrogen-bond acceptors (Lipinski definition) is 3. The molecule has 0 spiro atoms. The first kappa shape index (κ1) is 17.6. The van der Waals surface area contributed by atoms with Gasteiger partial charge in [0.1, 0.15) is 0 Å². The molecule has 0 radical (unpaired) electrons. The molecule has 21 heavy (non-hydrogen) atoms. The molecular weight excluding hydrogens is 310 g/mol. The van der Waals surface area contributed by atoms with Gasteiger partial charge in [0, 0.05) is 9.13 Å². The maximum atomic E-state index is 9.39. The number of benzene rings is 2. The molecule has 2 atom stereocenters. The van der Waals surface area contributed by atoms with E-state index in [0.29, 0.717) is 0 Å². The molecule has 0 bridgehead atoms. The lowest BCUT2D eigenvalue weighted by atomic mass is 10.0. The second-order valence-electron chi connectivity index (χ2n) is 4.29. The van der Waals surface area contributed by atoms with Crippen LogP contribution in [-0.2, 0) is 13.4 Å². The summed E-state index contributed by atoms with van der Waals surface area (Å²) in [6.07, 6.45) is 0. The summed E-state index contributed by atoms with van der Waals surface area (Å²) in [6.45, 7) is 4.22. The molecular formula is C14H16O5P2+2. The van der Waals surface area contributed by atoms with E-state index in [2.05, 4.69) is 66.7 Å².